The minimum atomic E-state index is -2.26. The van der Waals surface area contributed by atoms with Crippen LogP contribution < -0.4 is 9.47 Å². The zero-order chi connectivity index (χ0) is 54.7. The number of ether oxygens (including phenoxy) is 5. The van der Waals surface area contributed by atoms with Crippen LogP contribution in [-0.4, -0.2) is 88.6 Å². The second kappa shape index (κ2) is 27.0. The maximum Gasteiger partial charge on any atom is 0.311 e. The second-order valence-corrected chi connectivity index (χ2v) is 40.2. The standard InChI is InChI=1S/C59H106O9Si3/c1-27-28-29-41(3)53(64-49-34-32-48(62-20)33-35-49)46(8)54(67-70(23,24)58(13,14)15)44(6)37-40(2)36-43(5)52(63-39-61-19)42(4)30-31-50(66-69(21,22)57(10,11)12)38-51-45(7)55(47(9)56(60)65-51)68-71(25,26)59(16,17)18/h27-36,41-47,50-55H,1,37-39H2,2-26H3/b29-28-,31-30-,40-36-/t41-,42-,43+,44-,45+,46-,47-,50+,51+,52-,53+,54+,55+/m0/s1. The van der Waals surface area contributed by atoms with Crippen LogP contribution in [0.1, 0.15) is 131 Å². The molecule has 1 aromatic carbocycles. The van der Waals surface area contributed by atoms with Gasteiger partial charge in [-0.05, 0) is 105 Å². The van der Waals surface area contributed by atoms with Gasteiger partial charge in [0, 0.05) is 43.1 Å². The molecular weight excluding hydrogens is 937 g/mol. The minimum Gasteiger partial charge on any atom is -0.497 e. The Kier molecular flexibility index (Phi) is 24.6. The molecule has 0 bridgehead atoms. The summed E-state index contributed by atoms with van der Waals surface area (Å²) in [6, 6.07) is 7.86. The molecule has 0 aromatic heterocycles. The van der Waals surface area contributed by atoms with Crippen molar-refractivity contribution in [2.24, 2.45) is 41.4 Å². The first kappa shape index (κ1) is 64.8. The van der Waals surface area contributed by atoms with Crippen LogP contribution in [0.15, 0.2) is 72.9 Å². The molecule has 13 atom stereocenters. The summed E-state index contributed by atoms with van der Waals surface area (Å²) in [6.45, 7) is 56.1. The molecule has 9 nitrogen and oxygen atoms in total. The van der Waals surface area contributed by atoms with Crippen molar-refractivity contribution in [1.29, 1.82) is 0 Å². The molecule has 0 spiro atoms. The van der Waals surface area contributed by atoms with E-state index in [0.717, 1.165) is 17.9 Å². The van der Waals surface area contributed by atoms with Gasteiger partial charge in [0.15, 0.2) is 25.0 Å². The first-order valence-electron chi connectivity index (χ1n) is 26.7. The smallest absolute Gasteiger partial charge is 0.311 e. The van der Waals surface area contributed by atoms with Crippen LogP contribution in [0.3, 0.4) is 0 Å². The zero-order valence-electron chi connectivity index (χ0n) is 49.8. The molecule has 0 unspecified atom stereocenters. The number of methoxy groups -OCH3 is 2. The van der Waals surface area contributed by atoms with Crippen molar-refractivity contribution < 1.29 is 41.8 Å². The second-order valence-electron chi connectivity index (χ2n) is 25.9. The molecule has 0 radical (unpaired) electrons. The first-order chi connectivity index (χ1) is 32.4. The fraction of sp³-hybridized carbons (Fsp3) is 0.746. The van der Waals surface area contributed by atoms with Crippen molar-refractivity contribution in [2.75, 3.05) is 21.0 Å². The van der Waals surface area contributed by atoms with E-state index < -0.39 is 25.0 Å². The van der Waals surface area contributed by atoms with Gasteiger partial charge >= 0.3 is 5.97 Å². The molecule has 1 heterocycles. The van der Waals surface area contributed by atoms with Crippen molar-refractivity contribution in [3.63, 3.8) is 0 Å². The fourth-order valence-corrected chi connectivity index (χ4v) is 13.2. The summed E-state index contributed by atoms with van der Waals surface area (Å²) >= 11 is 0. The van der Waals surface area contributed by atoms with E-state index in [1.54, 1.807) is 14.2 Å². The molecule has 1 fully saturated rings. The highest BCUT2D eigenvalue weighted by atomic mass is 28.4. The summed E-state index contributed by atoms with van der Waals surface area (Å²) in [6.07, 6.45) is 13.0. The predicted molar refractivity (Wildman–Crippen MR) is 306 cm³/mol. The third kappa shape index (κ3) is 18.8. The Hall–Kier alpha value is -2.30. The molecule has 408 valence electrons. The number of carbonyl (C=O) groups excluding carboxylic acids is 1. The lowest BCUT2D eigenvalue weighted by molar-refractivity contribution is -0.177. The van der Waals surface area contributed by atoms with Crippen LogP contribution in [-0.2, 0) is 32.3 Å². The Morgan fingerprint density at radius 3 is 1.75 bits per heavy atom. The summed E-state index contributed by atoms with van der Waals surface area (Å²) in [5.74, 6) is 1.42. The minimum absolute atomic E-state index is 0.000676. The summed E-state index contributed by atoms with van der Waals surface area (Å²) in [4.78, 5) is 13.6. The van der Waals surface area contributed by atoms with E-state index in [1.807, 2.05) is 43.3 Å². The molecule has 1 aliphatic heterocycles. The maximum atomic E-state index is 13.6. The maximum absolute atomic E-state index is 13.6. The molecule has 1 saturated heterocycles. The largest absolute Gasteiger partial charge is 0.497 e. The van der Waals surface area contributed by atoms with Crippen molar-refractivity contribution in [2.45, 2.75) is 222 Å². The number of rotatable bonds is 27. The van der Waals surface area contributed by atoms with E-state index in [2.05, 4.69) is 181 Å². The fourth-order valence-electron chi connectivity index (χ4n) is 8.99. The molecule has 0 saturated carbocycles. The number of hydrogen-bond donors (Lipinski definition) is 0. The van der Waals surface area contributed by atoms with Gasteiger partial charge in [-0.3, -0.25) is 4.79 Å². The molecule has 0 aliphatic carbocycles. The molecule has 2 rings (SSSR count). The quantitative estimate of drug-likeness (QED) is 0.0281. The molecule has 1 aliphatic rings. The predicted octanol–water partition coefficient (Wildman–Crippen LogP) is 16.0. The number of esters is 1. The number of carbonyl (C=O) groups is 1. The number of cyclic esters (lactones) is 1. The number of hydrogen-bond acceptors (Lipinski definition) is 9. The summed E-state index contributed by atoms with van der Waals surface area (Å²) in [5.41, 5.74) is 1.28. The van der Waals surface area contributed by atoms with Crippen LogP contribution in [0.4, 0.5) is 0 Å². The van der Waals surface area contributed by atoms with Gasteiger partial charge in [0.2, 0.25) is 0 Å². The van der Waals surface area contributed by atoms with Gasteiger partial charge in [-0.1, -0.05) is 152 Å². The van der Waals surface area contributed by atoms with Crippen LogP contribution in [0.25, 0.3) is 0 Å². The van der Waals surface area contributed by atoms with E-state index in [0.29, 0.717) is 6.42 Å². The summed E-state index contributed by atoms with van der Waals surface area (Å²) < 4.78 is 52.4. The zero-order valence-corrected chi connectivity index (χ0v) is 52.8. The van der Waals surface area contributed by atoms with Crippen molar-refractivity contribution in [1.82, 2.24) is 0 Å². The van der Waals surface area contributed by atoms with Gasteiger partial charge in [-0.25, -0.2) is 0 Å². The van der Waals surface area contributed by atoms with Gasteiger partial charge in [0.05, 0.1) is 37.4 Å². The van der Waals surface area contributed by atoms with Gasteiger partial charge < -0.3 is 37.0 Å². The van der Waals surface area contributed by atoms with Crippen molar-refractivity contribution >= 4 is 30.9 Å². The van der Waals surface area contributed by atoms with Gasteiger partial charge in [-0.15, -0.1) is 0 Å². The SMILES string of the molecule is C=C/C=C\[C@H](C)[C@@H](Oc1ccc(OC)cc1)[C@H](C)[C@H](O[Si](C)(C)C(C)(C)C)[C@@H](C)C/C(C)=C\[C@@H](C)[C@@H](OCOC)[C@@H](C)/C=C\[C@H](C[C@H]1OC(=O)[C@@H](C)[C@H](O[Si](C)(C)C(C)(C)C)[C@@H]1C)O[Si](C)(C)C(C)(C)C. The van der Waals surface area contributed by atoms with Gasteiger partial charge in [-0.2, -0.15) is 0 Å². The number of allylic oxidation sites excluding steroid dienone is 3. The van der Waals surface area contributed by atoms with Crippen LogP contribution in [0.5, 0.6) is 11.5 Å². The van der Waals surface area contributed by atoms with Crippen LogP contribution in [0, 0.1) is 41.4 Å². The van der Waals surface area contributed by atoms with Gasteiger partial charge in [0.25, 0.3) is 0 Å². The highest BCUT2D eigenvalue weighted by Crippen LogP contribution is 2.44. The molecule has 12 heteroatoms. The topological polar surface area (TPSA) is 90.9 Å². The third-order valence-corrected chi connectivity index (χ3v) is 30.1. The average Bonchev–Trinajstić information content (AvgIpc) is 3.24. The van der Waals surface area contributed by atoms with E-state index >= 15 is 0 Å². The lowest BCUT2D eigenvalue weighted by atomic mass is 9.81. The Balaban J connectivity index is 2.56. The Morgan fingerprint density at radius 1 is 0.718 bits per heavy atom. The molecule has 0 N–H and O–H groups in total. The first-order valence-corrected chi connectivity index (χ1v) is 35.5. The van der Waals surface area contributed by atoms with Crippen LogP contribution in [0.2, 0.25) is 54.4 Å². The van der Waals surface area contributed by atoms with E-state index in [-0.39, 0.29) is 106 Å². The summed E-state index contributed by atoms with van der Waals surface area (Å²) in [7, 11) is -3.31. The Bertz CT molecular complexity index is 1870. The Morgan fingerprint density at radius 2 is 1.24 bits per heavy atom. The van der Waals surface area contributed by atoms with Crippen molar-refractivity contribution in [3.8, 4) is 11.5 Å². The molecule has 71 heavy (non-hydrogen) atoms. The summed E-state index contributed by atoms with van der Waals surface area (Å²) in [5, 5.41) is 0.0206. The van der Waals surface area contributed by atoms with Crippen molar-refractivity contribution in [3.05, 3.63) is 72.9 Å². The molecule has 0 amide bonds. The lowest BCUT2D eigenvalue weighted by Crippen LogP contribution is -2.55. The number of benzene rings is 1. The lowest BCUT2D eigenvalue weighted by Gasteiger charge is -2.47. The highest BCUT2D eigenvalue weighted by Gasteiger charge is 2.49. The van der Waals surface area contributed by atoms with Crippen LogP contribution >= 0.6 is 0 Å². The average molecular weight is 1040 g/mol. The van der Waals surface area contributed by atoms with E-state index in [4.69, 9.17) is 37.0 Å². The Labute approximate surface area is 439 Å². The normalized spacial score (nSPS) is 23.1. The monoisotopic (exact) mass is 1040 g/mol. The van der Waals surface area contributed by atoms with Gasteiger partial charge in [0.1, 0.15) is 30.5 Å². The molecular formula is C59H106O9Si3. The van der Waals surface area contributed by atoms with E-state index in [9.17, 15) is 4.79 Å². The highest BCUT2D eigenvalue weighted by molar-refractivity contribution is 6.75. The third-order valence-electron chi connectivity index (χ3n) is 16.7. The van der Waals surface area contributed by atoms with E-state index in [1.165, 1.54) is 5.57 Å². The molecule has 1 aromatic rings.